The van der Waals surface area contributed by atoms with Gasteiger partial charge in [0.1, 0.15) is 29.9 Å². The highest BCUT2D eigenvalue weighted by Gasteiger charge is 2.43. The van der Waals surface area contributed by atoms with Crippen LogP contribution in [0, 0.1) is 0 Å². The number of rotatable bonds is 4. The minimum atomic E-state index is -1.27. The highest BCUT2D eigenvalue weighted by atomic mass is 32.2. The monoisotopic (exact) mass is 256 g/mol. The van der Waals surface area contributed by atoms with Gasteiger partial charge in [-0.1, -0.05) is 0 Å². The molecular formula is C8H16O5S2. The lowest BCUT2D eigenvalue weighted by Gasteiger charge is -2.39. The molecule has 90 valence electrons. The SMILES string of the molecule is CSCS[C@@H]1O[C@H](CO)[C@@H](O)[C@H](O)[C@H]1O. The quantitative estimate of drug-likeness (QED) is 0.472. The Morgan fingerprint density at radius 2 is 1.80 bits per heavy atom. The predicted molar refractivity (Wildman–Crippen MR) is 59.7 cm³/mol. The van der Waals surface area contributed by atoms with Crippen molar-refractivity contribution in [3.8, 4) is 0 Å². The van der Waals surface area contributed by atoms with Crippen molar-refractivity contribution in [1.82, 2.24) is 0 Å². The van der Waals surface area contributed by atoms with Crippen molar-refractivity contribution >= 4 is 23.5 Å². The molecule has 0 radical (unpaired) electrons. The van der Waals surface area contributed by atoms with Crippen LogP contribution in [0.5, 0.6) is 0 Å². The Kier molecular flexibility index (Phi) is 5.69. The Hall–Kier alpha value is 0.500. The van der Waals surface area contributed by atoms with E-state index < -0.39 is 29.9 Å². The van der Waals surface area contributed by atoms with Gasteiger partial charge in [0.05, 0.1) is 6.61 Å². The summed E-state index contributed by atoms with van der Waals surface area (Å²) in [5, 5.41) is 38.2. The van der Waals surface area contributed by atoms with E-state index in [2.05, 4.69) is 0 Å². The van der Waals surface area contributed by atoms with Crippen molar-refractivity contribution in [3.05, 3.63) is 0 Å². The third-order valence-electron chi connectivity index (χ3n) is 2.20. The van der Waals surface area contributed by atoms with Gasteiger partial charge in [-0.2, -0.15) is 11.8 Å². The van der Waals surface area contributed by atoms with Crippen LogP contribution in [0.25, 0.3) is 0 Å². The van der Waals surface area contributed by atoms with Crippen LogP contribution in [0.4, 0.5) is 0 Å². The van der Waals surface area contributed by atoms with Gasteiger partial charge in [-0.15, -0.1) is 11.8 Å². The highest BCUT2D eigenvalue weighted by Crippen LogP contribution is 2.29. The van der Waals surface area contributed by atoms with E-state index in [-0.39, 0.29) is 6.61 Å². The minimum Gasteiger partial charge on any atom is -0.394 e. The molecule has 1 fully saturated rings. The lowest BCUT2D eigenvalue weighted by molar-refractivity contribution is -0.205. The molecule has 4 N–H and O–H groups in total. The molecule has 0 aliphatic carbocycles. The number of aliphatic hydroxyl groups excluding tert-OH is 4. The van der Waals surface area contributed by atoms with Crippen LogP contribution in [0.1, 0.15) is 0 Å². The third kappa shape index (κ3) is 3.23. The van der Waals surface area contributed by atoms with Crippen molar-refractivity contribution in [3.63, 3.8) is 0 Å². The van der Waals surface area contributed by atoms with Gasteiger partial charge in [0, 0.05) is 5.08 Å². The Labute approximate surface area is 96.8 Å². The standard InChI is InChI=1S/C8H16O5S2/c1-14-3-15-8-7(12)6(11)5(10)4(2-9)13-8/h4-12H,2-3H2,1H3/t4-,5-,6+,7-,8+/m1/s1. The van der Waals surface area contributed by atoms with E-state index in [4.69, 9.17) is 9.84 Å². The first-order chi connectivity index (χ1) is 7.11. The predicted octanol–water partition coefficient (Wildman–Crippen LogP) is -1.16. The largest absolute Gasteiger partial charge is 0.394 e. The fourth-order valence-corrected chi connectivity index (χ4v) is 3.00. The van der Waals surface area contributed by atoms with E-state index >= 15 is 0 Å². The van der Waals surface area contributed by atoms with Gasteiger partial charge in [0.25, 0.3) is 0 Å². The average Bonchev–Trinajstić information content (AvgIpc) is 2.25. The second-order valence-electron chi connectivity index (χ2n) is 3.27. The van der Waals surface area contributed by atoms with E-state index in [9.17, 15) is 15.3 Å². The first-order valence-corrected chi connectivity index (χ1v) is 6.97. The topological polar surface area (TPSA) is 90.2 Å². The van der Waals surface area contributed by atoms with Gasteiger partial charge in [0.15, 0.2) is 0 Å². The zero-order valence-corrected chi connectivity index (χ0v) is 9.95. The number of hydrogen-bond acceptors (Lipinski definition) is 7. The summed E-state index contributed by atoms with van der Waals surface area (Å²) in [4.78, 5) is 0. The fraction of sp³-hybridized carbons (Fsp3) is 1.00. The van der Waals surface area contributed by atoms with Crippen LogP contribution >= 0.6 is 23.5 Å². The van der Waals surface area contributed by atoms with Crippen LogP contribution in [-0.2, 0) is 4.74 Å². The number of aliphatic hydroxyl groups is 4. The van der Waals surface area contributed by atoms with Crippen molar-refractivity contribution in [2.24, 2.45) is 0 Å². The zero-order chi connectivity index (χ0) is 11.4. The van der Waals surface area contributed by atoms with Gasteiger partial charge in [-0.05, 0) is 6.26 Å². The van der Waals surface area contributed by atoms with E-state index in [1.54, 1.807) is 11.8 Å². The molecule has 1 saturated heterocycles. The van der Waals surface area contributed by atoms with Gasteiger partial charge in [-0.25, -0.2) is 0 Å². The van der Waals surface area contributed by atoms with Crippen LogP contribution in [0.2, 0.25) is 0 Å². The molecule has 1 aliphatic heterocycles. The molecule has 1 aliphatic rings. The molecule has 5 atom stereocenters. The summed E-state index contributed by atoms with van der Waals surface area (Å²) in [5.41, 5.74) is -0.604. The summed E-state index contributed by atoms with van der Waals surface area (Å²) >= 11 is 2.91. The summed E-state index contributed by atoms with van der Waals surface area (Å²) < 4.78 is 5.27. The molecule has 0 spiro atoms. The lowest BCUT2D eigenvalue weighted by atomic mass is 10.0. The van der Waals surface area contributed by atoms with Gasteiger partial charge in [-0.3, -0.25) is 0 Å². The summed E-state index contributed by atoms with van der Waals surface area (Å²) in [5.74, 6) is 0. The van der Waals surface area contributed by atoms with Crippen molar-refractivity contribution in [2.75, 3.05) is 17.9 Å². The Morgan fingerprint density at radius 3 is 2.33 bits per heavy atom. The molecule has 0 saturated carbocycles. The van der Waals surface area contributed by atoms with E-state index in [1.807, 2.05) is 6.26 Å². The Morgan fingerprint density at radius 1 is 1.13 bits per heavy atom. The van der Waals surface area contributed by atoms with Gasteiger partial charge < -0.3 is 25.2 Å². The van der Waals surface area contributed by atoms with Crippen LogP contribution in [0.15, 0.2) is 0 Å². The smallest absolute Gasteiger partial charge is 0.133 e. The van der Waals surface area contributed by atoms with Crippen molar-refractivity contribution < 1.29 is 25.2 Å². The lowest BCUT2D eigenvalue weighted by Crippen LogP contribution is -2.57. The molecule has 1 rings (SSSR count). The molecule has 0 amide bonds. The Bertz CT molecular complexity index is 192. The molecular weight excluding hydrogens is 240 g/mol. The minimum absolute atomic E-state index is 0.374. The molecule has 0 unspecified atom stereocenters. The summed E-state index contributed by atoms with van der Waals surface area (Å²) in [7, 11) is 0. The summed E-state index contributed by atoms with van der Waals surface area (Å²) in [6.07, 6.45) is -2.55. The van der Waals surface area contributed by atoms with E-state index in [0.29, 0.717) is 5.08 Å². The summed E-state index contributed by atoms with van der Waals surface area (Å²) in [6, 6.07) is 0. The molecule has 0 aromatic carbocycles. The number of ether oxygens (including phenoxy) is 1. The molecule has 0 bridgehead atoms. The second kappa shape index (κ2) is 6.29. The normalized spacial score (nSPS) is 41.8. The van der Waals surface area contributed by atoms with E-state index in [1.165, 1.54) is 11.8 Å². The average molecular weight is 256 g/mol. The van der Waals surface area contributed by atoms with E-state index in [0.717, 1.165) is 0 Å². The molecule has 1 heterocycles. The Balaban J connectivity index is 2.57. The van der Waals surface area contributed by atoms with Crippen molar-refractivity contribution in [2.45, 2.75) is 29.9 Å². The highest BCUT2D eigenvalue weighted by molar-refractivity contribution is 8.15. The molecule has 15 heavy (non-hydrogen) atoms. The van der Waals surface area contributed by atoms with Crippen LogP contribution < -0.4 is 0 Å². The van der Waals surface area contributed by atoms with Gasteiger partial charge in [0.2, 0.25) is 0 Å². The first kappa shape index (κ1) is 13.6. The maximum absolute atomic E-state index is 9.60. The maximum atomic E-state index is 9.60. The maximum Gasteiger partial charge on any atom is 0.133 e. The fourth-order valence-electron chi connectivity index (χ4n) is 1.34. The second-order valence-corrected chi connectivity index (χ2v) is 5.59. The van der Waals surface area contributed by atoms with Crippen molar-refractivity contribution in [1.29, 1.82) is 0 Å². The molecule has 7 heteroatoms. The third-order valence-corrected chi connectivity index (χ3v) is 4.40. The zero-order valence-electron chi connectivity index (χ0n) is 8.31. The molecule has 0 aromatic rings. The van der Waals surface area contributed by atoms with Crippen LogP contribution in [-0.4, -0.2) is 68.2 Å². The number of thioether (sulfide) groups is 2. The summed E-state index contributed by atoms with van der Waals surface area (Å²) in [6.45, 7) is -0.374. The van der Waals surface area contributed by atoms with Crippen LogP contribution in [0.3, 0.4) is 0 Å². The molecule has 0 aromatic heterocycles. The molecule has 5 nitrogen and oxygen atoms in total. The van der Waals surface area contributed by atoms with Gasteiger partial charge >= 0.3 is 0 Å². The number of hydrogen-bond donors (Lipinski definition) is 4. The first-order valence-electron chi connectivity index (χ1n) is 4.53.